The molecule has 2 aromatic rings. The van der Waals surface area contributed by atoms with Crippen LogP contribution in [0.15, 0.2) is 53.7 Å². The highest BCUT2D eigenvalue weighted by atomic mass is 32.2. The van der Waals surface area contributed by atoms with Crippen molar-refractivity contribution >= 4 is 15.9 Å². The number of likely N-dealkylation sites (N-methyl/N-ethyl adjacent to an activating group) is 2. The molecular formula is C17H18F3N3O3S. The summed E-state index contributed by atoms with van der Waals surface area (Å²) in [5, 5.41) is 0. The molecule has 0 atom stereocenters. The van der Waals surface area contributed by atoms with Crippen LogP contribution < -0.4 is 0 Å². The van der Waals surface area contributed by atoms with Crippen LogP contribution in [0, 0.1) is 0 Å². The van der Waals surface area contributed by atoms with Gasteiger partial charge in [0, 0.05) is 33.0 Å². The first-order valence-corrected chi connectivity index (χ1v) is 9.22. The minimum atomic E-state index is -4.43. The lowest BCUT2D eigenvalue weighted by molar-refractivity contribution is -0.137. The number of nitrogens with zero attached hydrogens (tertiary/aromatic N) is 3. The van der Waals surface area contributed by atoms with Gasteiger partial charge >= 0.3 is 6.18 Å². The molecular weight excluding hydrogens is 383 g/mol. The maximum absolute atomic E-state index is 12.6. The molecule has 0 saturated carbocycles. The lowest BCUT2D eigenvalue weighted by Gasteiger charge is -2.22. The molecule has 0 fully saturated rings. The first-order valence-electron chi connectivity index (χ1n) is 7.78. The molecule has 27 heavy (non-hydrogen) atoms. The zero-order chi connectivity index (χ0) is 20.2. The van der Waals surface area contributed by atoms with Crippen molar-refractivity contribution in [3.05, 3.63) is 59.9 Å². The van der Waals surface area contributed by atoms with E-state index < -0.39 is 34.2 Å². The van der Waals surface area contributed by atoms with Gasteiger partial charge in [0.2, 0.25) is 15.9 Å². The van der Waals surface area contributed by atoms with Crippen molar-refractivity contribution in [2.45, 2.75) is 17.6 Å². The van der Waals surface area contributed by atoms with Crippen LogP contribution in [0.5, 0.6) is 0 Å². The van der Waals surface area contributed by atoms with Gasteiger partial charge in [-0.1, -0.05) is 12.1 Å². The quantitative estimate of drug-likeness (QED) is 0.745. The first-order chi connectivity index (χ1) is 12.5. The molecule has 0 bridgehead atoms. The summed E-state index contributed by atoms with van der Waals surface area (Å²) in [5.74, 6) is -0.495. The number of rotatable bonds is 6. The van der Waals surface area contributed by atoms with E-state index in [0.29, 0.717) is 5.56 Å². The number of amides is 1. The van der Waals surface area contributed by atoms with E-state index in [2.05, 4.69) is 4.98 Å². The lowest BCUT2D eigenvalue weighted by atomic mass is 10.1. The van der Waals surface area contributed by atoms with Gasteiger partial charge in [0.25, 0.3) is 0 Å². The van der Waals surface area contributed by atoms with Crippen LogP contribution in [0.3, 0.4) is 0 Å². The predicted molar refractivity (Wildman–Crippen MR) is 92.0 cm³/mol. The van der Waals surface area contributed by atoms with E-state index in [9.17, 15) is 26.4 Å². The number of aromatic nitrogens is 1. The van der Waals surface area contributed by atoms with Gasteiger partial charge in [-0.2, -0.15) is 17.5 Å². The highest BCUT2D eigenvalue weighted by Gasteiger charge is 2.30. The second-order valence-corrected chi connectivity index (χ2v) is 7.94. The van der Waals surface area contributed by atoms with Crippen LogP contribution in [0.4, 0.5) is 13.2 Å². The highest BCUT2D eigenvalue weighted by Crippen LogP contribution is 2.29. The standard InChI is InChI=1S/C17H18F3N3O3S/c1-22(11-13-5-7-14(8-6-13)17(18,19)20)16(24)12-23(2)27(25,26)15-4-3-9-21-10-15/h3-10H,11-12H2,1-2H3. The Balaban J connectivity index is 2.01. The smallest absolute Gasteiger partial charge is 0.340 e. The number of carbonyl (C=O) groups excluding carboxylic acids is 1. The van der Waals surface area contributed by atoms with E-state index in [1.165, 1.54) is 55.7 Å². The van der Waals surface area contributed by atoms with Gasteiger partial charge in [-0.05, 0) is 29.8 Å². The van der Waals surface area contributed by atoms with Crippen molar-refractivity contribution in [1.82, 2.24) is 14.2 Å². The third-order valence-corrected chi connectivity index (χ3v) is 5.61. The van der Waals surface area contributed by atoms with Crippen molar-refractivity contribution in [2.24, 2.45) is 0 Å². The summed E-state index contributed by atoms with van der Waals surface area (Å²) in [6.07, 6.45) is -1.81. The summed E-state index contributed by atoms with van der Waals surface area (Å²) in [6, 6.07) is 7.28. The predicted octanol–water partition coefficient (Wildman–Crippen LogP) is 2.38. The van der Waals surface area contributed by atoms with Crippen LogP contribution in [0.2, 0.25) is 0 Å². The van der Waals surface area contributed by atoms with E-state index in [0.717, 1.165) is 16.4 Å². The van der Waals surface area contributed by atoms with Crippen LogP contribution in [0.1, 0.15) is 11.1 Å². The zero-order valence-electron chi connectivity index (χ0n) is 14.6. The Hall–Kier alpha value is -2.46. The Bertz CT molecular complexity index is 885. The van der Waals surface area contributed by atoms with Gasteiger partial charge in [-0.3, -0.25) is 9.78 Å². The number of hydrogen-bond acceptors (Lipinski definition) is 4. The summed E-state index contributed by atoms with van der Waals surface area (Å²) in [5.41, 5.74) is -0.279. The van der Waals surface area contributed by atoms with Crippen LogP contribution in [-0.2, 0) is 27.5 Å². The normalized spacial score (nSPS) is 12.2. The molecule has 146 valence electrons. The lowest BCUT2D eigenvalue weighted by Crippen LogP contribution is -2.39. The van der Waals surface area contributed by atoms with E-state index in [-0.39, 0.29) is 11.4 Å². The fourth-order valence-electron chi connectivity index (χ4n) is 2.24. The van der Waals surface area contributed by atoms with Crippen molar-refractivity contribution in [1.29, 1.82) is 0 Å². The number of pyridine rings is 1. The number of benzene rings is 1. The fourth-order valence-corrected chi connectivity index (χ4v) is 3.32. The molecule has 0 radical (unpaired) electrons. The molecule has 0 aliphatic carbocycles. The van der Waals surface area contributed by atoms with E-state index in [4.69, 9.17) is 0 Å². The van der Waals surface area contributed by atoms with Crippen LogP contribution >= 0.6 is 0 Å². The van der Waals surface area contributed by atoms with Gasteiger partial charge in [0.15, 0.2) is 0 Å². The average molecular weight is 401 g/mol. The molecule has 1 aromatic heterocycles. The maximum atomic E-state index is 12.6. The third kappa shape index (κ3) is 5.27. The maximum Gasteiger partial charge on any atom is 0.416 e. The third-order valence-electron chi connectivity index (χ3n) is 3.83. The molecule has 0 aliphatic heterocycles. The van der Waals surface area contributed by atoms with Gasteiger partial charge in [-0.25, -0.2) is 8.42 Å². The van der Waals surface area contributed by atoms with Crippen molar-refractivity contribution in [3.8, 4) is 0 Å². The van der Waals surface area contributed by atoms with Crippen molar-refractivity contribution < 1.29 is 26.4 Å². The van der Waals surface area contributed by atoms with Gasteiger partial charge < -0.3 is 4.90 Å². The topological polar surface area (TPSA) is 70.6 Å². The molecule has 0 unspecified atom stereocenters. The summed E-state index contributed by atoms with van der Waals surface area (Å²) in [6.45, 7) is -0.355. The monoisotopic (exact) mass is 401 g/mol. The Morgan fingerprint density at radius 2 is 1.74 bits per heavy atom. The second kappa shape index (κ2) is 8.05. The summed E-state index contributed by atoms with van der Waals surface area (Å²) in [4.78, 5) is 17.2. The SMILES string of the molecule is CN(Cc1ccc(C(F)(F)F)cc1)C(=O)CN(C)S(=O)(=O)c1cccnc1. The van der Waals surface area contributed by atoms with Crippen molar-refractivity contribution in [3.63, 3.8) is 0 Å². The zero-order valence-corrected chi connectivity index (χ0v) is 15.5. The number of hydrogen-bond donors (Lipinski definition) is 0. The van der Waals surface area contributed by atoms with E-state index >= 15 is 0 Å². The Morgan fingerprint density at radius 3 is 2.26 bits per heavy atom. The van der Waals surface area contributed by atoms with Crippen LogP contribution in [0.25, 0.3) is 0 Å². The number of halogens is 3. The summed E-state index contributed by atoms with van der Waals surface area (Å²) in [7, 11) is -1.15. The number of alkyl halides is 3. The molecule has 1 amide bonds. The Morgan fingerprint density at radius 1 is 1.11 bits per heavy atom. The minimum Gasteiger partial charge on any atom is -0.340 e. The molecule has 0 saturated heterocycles. The molecule has 0 aliphatic rings. The Kier molecular flexibility index (Phi) is 6.22. The minimum absolute atomic E-state index is 0.0364. The molecule has 1 heterocycles. The fraction of sp³-hybridized carbons (Fsp3) is 0.294. The Labute approximate surface area is 155 Å². The molecule has 2 rings (SSSR count). The van der Waals surface area contributed by atoms with Gasteiger partial charge in [0.1, 0.15) is 4.90 Å². The molecule has 1 aromatic carbocycles. The van der Waals surface area contributed by atoms with Crippen LogP contribution in [-0.4, -0.2) is 49.2 Å². The molecule has 0 N–H and O–H groups in total. The molecule has 6 nitrogen and oxygen atoms in total. The summed E-state index contributed by atoms with van der Waals surface area (Å²) >= 11 is 0. The average Bonchev–Trinajstić information content (AvgIpc) is 2.62. The highest BCUT2D eigenvalue weighted by molar-refractivity contribution is 7.89. The van der Waals surface area contributed by atoms with E-state index in [1.807, 2.05) is 0 Å². The van der Waals surface area contributed by atoms with E-state index in [1.54, 1.807) is 0 Å². The number of carbonyl (C=O) groups is 1. The molecule has 0 spiro atoms. The first kappa shape index (κ1) is 20.8. The van der Waals surface area contributed by atoms with Gasteiger partial charge in [0.05, 0.1) is 12.1 Å². The van der Waals surface area contributed by atoms with Crippen molar-refractivity contribution in [2.75, 3.05) is 20.6 Å². The second-order valence-electron chi connectivity index (χ2n) is 5.89. The van der Waals surface area contributed by atoms with Gasteiger partial charge in [-0.15, -0.1) is 0 Å². The largest absolute Gasteiger partial charge is 0.416 e. The summed E-state index contributed by atoms with van der Waals surface area (Å²) < 4.78 is 63.4. The molecule has 10 heteroatoms. The number of sulfonamides is 1.